The summed E-state index contributed by atoms with van der Waals surface area (Å²) < 4.78 is 10.9. The van der Waals surface area contributed by atoms with E-state index in [9.17, 15) is 4.79 Å². The molecule has 1 aromatic rings. The second-order valence-corrected chi connectivity index (χ2v) is 5.93. The fourth-order valence-electron chi connectivity index (χ4n) is 3.44. The maximum absolute atomic E-state index is 12.4. The van der Waals surface area contributed by atoms with Crippen LogP contribution in [0, 0.1) is 5.92 Å². The number of aromatic nitrogens is 1. The minimum atomic E-state index is -0.120. The highest BCUT2D eigenvalue weighted by Crippen LogP contribution is 2.30. The number of piperidine rings is 3. The van der Waals surface area contributed by atoms with Gasteiger partial charge in [-0.15, -0.1) is 0 Å². The number of carbonyl (C=O) groups is 1. The summed E-state index contributed by atoms with van der Waals surface area (Å²) in [6.07, 6.45) is 3.93. The lowest BCUT2D eigenvalue weighted by atomic mass is 9.84. The van der Waals surface area contributed by atoms with Crippen LogP contribution in [0.3, 0.4) is 0 Å². The van der Waals surface area contributed by atoms with Crippen molar-refractivity contribution < 1.29 is 14.3 Å². The first-order chi connectivity index (χ1) is 10.3. The van der Waals surface area contributed by atoms with E-state index in [1.807, 2.05) is 0 Å². The molecule has 112 valence electrons. The van der Waals surface area contributed by atoms with E-state index < -0.39 is 0 Å². The van der Waals surface area contributed by atoms with E-state index in [0.717, 1.165) is 6.54 Å². The maximum atomic E-state index is 12.4. The number of nitrogens with one attached hydrogen (secondary N) is 1. The molecule has 6 heteroatoms. The average molecular weight is 289 g/mol. The molecule has 0 spiro atoms. The fraction of sp³-hybridized carbons (Fsp3) is 0.600. The lowest BCUT2D eigenvalue weighted by molar-refractivity contribution is 0.0617. The third-order valence-electron chi connectivity index (χ3n) is 4.64. The smallest absolute Gasteiger partial charge is 0.270 e. The van der Waals surface area contributed by atoms with Crippen molar-refractivity contribution in [2.45, 2.75) is 18.9 Å². The summed E-state index contributed by atoms with van der Waals surface area (Å²) in [6, 6.07) is 1.92. The van der Waals surface area contributed by atoms with Gasteiger partial charge < -0.3 is 19.7 Å². The van der Waals surface area contributed by atoms with Crippen molar-refractivity contribution in [3.05, 3.63) is 18.0 Å². The number of ether oxygens (including phenoxy) is 2. The molecule has 4 aliphatic rings. The van der Waals surface area contributed by atoms with E-state index in [2.05, 4.69) is 15.2 Å². The van der Waals surface area contributed by atoms with Gasteiger partial charge in [-0.25, -0.2) is 4.98 Å². The van der Waals surface area contributed by atoms with Gasteiger partial charge in [0.05, 0.1) is 6.20 Å². The Morgan fingerprint density at radius 1 is 1.24 bits per heavy atom. The minimum Gasteiger partial charge on any atom is -0.486 e. The molecule has 0 aromatic carbocycles. The number of rotatable bonds is 2. The van der Waals surface area contributed by atoms with Crippen LogP contribution >= 0.6 is 0 Å². The van der Waals surface area contributed by atoms with E-state index in [4.69, 9.17) is 9.47 Å². The van der Waals surface area contributed by atoms with Crippen LogP contribution in [0.4, 0.5) is 0 Å². The third kappa shape index (κ3) is 2.44. The molecule has 0 radical (unpaired) electrons. The molecular weight excluding hydrogens is 270 g/mol. The molecule has 2 bridgehead atoms. The van der Waals surface area contributed by atoms with Crippen molar-refractivity contribution in [2.75, 3.05) is 32.8 Å². The zero-order valence-electron chi connectivity index (χ0n) is 11.9. The molecule has 4 aliphatic heterocycles. The fourth-order valence-corrected chi connectivity index (χ4v) is 3.44. The summed E-state index contributed by atoms with van der Waals surface area (Å²) in [5, 5.41) is 3.13. The van der Waals surface area contributed by atoms with E-state index in [0.29, 0.717) is 36.3 Å². The van der Waals surface area contributed by atoms with Gasteiger partial charge in [0.1, 0.15) is 18.9 Å². The third-order valence-corrected chi connectivity index (χ3v) is 4.64. The molecule has 0 aliphatic carbocycles. The highest BCUT2D eigenvalue weighted by atomic mass is 16.6. The molecule has 3 saturated heterocycles. The minimum absolute atomic E-state index is 0.120. The van der Waals surface area contributed by atoms with Gasteiger partial charge in [0, 0.05) is 18.7 Å². The summed E-state index contributed by atoms with van der Waals surface area (Å²) in [4.78, 5) is 19.0. The molecule has 0 unspecified atom stereocenters. The average Bonchev–Trinajstić information content (AvgIpc) is 2.55. The number of amides is 1. The molecule has 1 atom stereocenters. The van der Waals surface area contributed by atoms with Crippen LogP contribution in [-0.2, 0) is 0 Å². The first kappa shape index (κ1) is 12.9. The Kier molecular flexibility index (Phi) is 3.18. The normalized spacial score (nSPS) is 30.0. The molecule has 5 heterocycles. The Bertz CT molecular complexity index is 555. The van der Waals surface area contributed by atoms with Crippen molar-refractivity contribution in [1.29, 1.82) is 0 Å². The quantitative estimate of drug-likeness (QED) is 0.867. The van der Waals surface area contributed by atoms with Gasteiger partial charge in [0.25, 0.3) is 5.91 Å². The highest BCUT2D eigenvalue weighted by Gasteiger charge is 2.35. The van der Waals surface area contributed by atoms with E-state index >= 15 is 0 Å². The van der Waals surface area contributed by atoms with Crippen molar-refractivity contribution in [3.63, 3.8) is 0 Å². The lowest BCUT2D eigenvalue weighted by Gasteiger charge is -2.44. The monoisotopic (exact) mass is 289 g/mol. The van der Waals surface area contributed by atoms with Crippen LogP contribution in [-0.4, -0.2) is 54.7 Å². The van der Waals surface area contributed by atoms with E-state index in [1.54, 1.807) is 12.3 Å². The SMILES string of the molecule is O=C(N[C@H]1CN2CCC1CC2)c1cc2c(cn1)OCCO2. The van der Waals surface area contributed by atoms with Crippen LogP contribution in [0.1, 0.15) is 23.3 Å². The van der Waals surface area contributed by atoms with E-state index in [-0.39, 0.29) is 11.9 Å². The molecule has 21 heavy (non-hydrogen) atoms. The van der Waals surface area contributed by atoms with E-state index in [1.165, 1.54) is 25.9 Å². The van der Waals surface area contributed by atoms with Crippen LogP contribution < -0.4 is 14.8 Å². The second-order valence-electron chi connectivity index (χ2n) is 5.93. The molecule has 6 nitrogen and oxygen atoms in total. The Balaban J connectivity index is 1.47. The van der Waals surface area contributed by atoms with Gasteiger partial charge in [-0.05, 0) is 31.8 Å². The maximum Gasteiger partial charge on any atom is 0.270 e. The van der Waals surface area contributed by atoms with Crippen molar-refractivity contribution in [3.8, 4) is 11.5 Å². The van der Waals surface area contributed by atoms with Gasteiger partial charge in [-0.1, -0.05) is 0 Å². The van der Waals surface area contributed by atoms with Crippen LogP contribution in [0.15, 0.2) is 12.3 Å². The Morgan fingerprint density at radius 3 is 2.71 bits per heavy atom. The summed E-state index contributed by atoms with van der Waals surface area (Å²) in [7, 11) is 0. The summed E-state index contributed by atoms with van der Waals surface area (Å²) >= 11 is 0. The number of fused-ring (bicyclic) bond motifs is 4. The molecule has 5 rings (SSSR count). The number of hydrogen-bond donors (Lipinski definition) is 1. The van der Waals surface area contributed by atoms with Gasteiger partial charge in [0.15, 0.2) is 11.5 Å². The first-order valence-corrected chi connectivity index (χ1v) is 7.58. The first-order valence-electron chi connectivity index (χ1n) is 7.58. The summed E-state index contributed by atoms with van der Waals surface area (Å²) in [5.41, 5.74) is 0.399. The predicted octanol–water partition coefficient (Wildman–Crippen LogP) is 0.677. The van der Waals surface area contributed by atoms with Gasteiger partial charge in [-0.3, -0.25) is 4.79 Å². The Hall–Kier alpha value is -1.82. The predicted molar refractivity (Wildman–Crippen MR) is 75.6 cm³/mol. The molecule has 1 amide bonds. The van der Waals surface area contributed by atoms with Crippen LogP contribution in [0.25, 0.3) is 0 Å². The molecule has 3 fully saturated rings. The molecular formula is C15H19N3O3. The zero-order valence-corrected chi connectivity index (χ0v) is 11.9. The number of pyridine rings is 1. The molecule has 1 N–H and O–H groups in total. The summed E-state index contributed by atoms with van der Waals surface area (Å²) in [5.74, 6) is 1.71. The molecule has 0 saturated carbocycles. The van der Waals surface area contributed by atoms with Crippen molar-refractivity contribution in [1.82, 2.24) is 15.2 Å². The number of hydrogen-bond acceptors (Lipinski definition) is 5. The van der Waals surface area contributed by atoms with Crippen molar-refractivity contribution >= 4 is 5.91 Å². The van der Waals surface area contributed by atoms with Gasteiger partial charge >= 0.3 is 0 Å². The zero-order chi connectivity index (χ0) is 14.2. The lowest BCUT2D eigenvalue weighted by Crippen LogP contribution is -2.57. The van der Waals surface area contributed by atoms with Gasteiger partial charge in [0.2, 0.25) is 0 Å². The Labute approximate surface area is 123 Å². The van der Waals surface area contributed by atoms with Crippen LogP contribution in [0.2, 0.25) is 0 Å². The second kappa shape index (κ2) is 5.18. The van der Waals surface area contributed by atoms with Crippen LogP contribution in [0.5, 0.6) is 11.5 Å². The highest BCUT2D eigenvalue weighted by molar-refractivity contribution is 5.93. The summed E-state index contributed by atoms with van der Waals surface area (Å²) in [6.45, 7) is 4.33. The Morgan fingerprint density at radius 2 is 2.00 bits per heavy atom. The van der Waals surface area contributed by atoms with Crippen molar-refractivity contribution in [2.24, 2.45) is 5.92 Å². The largest absolute Gasteiger partial charge is 0.486 e. The topological polar surface area (TPSA) is 63.7 Å². The number of nitrogens with zero attached hydrogens (tertiary/aromatic N) is 2. The molecule has 1 aromatic heterocycles. The van der Waals surface area contributed by atoms with Gasteiger partial charge in [-0.2, -0.15) is 0 Å². The standard InChI is InChI=1S/C15H19N3O3/c19-15(17-12-9-18-3-1-10(12)2-4-18)11-7-13-14(8-16-11)21-6-5-20-13/h7-8,10,12H,1-6,9H2,(H,17,19)/t12-/m0/s1. The number of carbonyl (C=O) groups excluding carboxylic acids is 1.